The zero-order valence-electron chi connectivity index (χ0n) is 12.0. The van der Waals surface area contributed by atoms with Crippen LogP contribution in [0.5, 0.6) is 11.5 Å². The summed E-state index contributed by atoms with van der Waals surface area (Å²) in [5, 5.41) is 0.310. The van der Waals surface area contributed by atoms with Crippen molar-refractivity contribution in [3.63, 3.8) is 0 Å². The predicted molar refractivity (Wildman–Crippen MR) is 87.6 cm³/mol. The molecule has 0 fully saturated rings. The number of nitrogens with zero attached hydrogens (tertiary/aromatic N) is 1. The summed E-state index contributed by atoms with van der Waals surface area (Å²) in [6, 6.07) is 16.5. The van der Waals surface area contributed by atoms with Crippen LogP contribution in [0.3, 0.4) is 0 Å². The number of aliphatic imine (C=N–C) groups is 1. The van der Waals surface area contributed by atoms with Crippen molar-refractivity contribution in [2.24, 2.45) is 4.99 Å². The Balaban J connectivity index is 1.84. The van der Waals surface area contributed by atoms with Gasteiger partial charge in [0.05, 0.1) is 31.1 Å². The number of methoxy groups -OCH3 is 2. The Hall–Kier alpha value is -1.94. The average molecular weight is 299 g/mol. The summed E-state index contributed by atoms with van der Waals surface area (Å²) in [6.45, 7) is 0. The molecule has 2 atom stereocenters. The molecule has 0 saturated heterocycles. The summed E-state index contributed by atoms with van der Waals surface area (Å²) < 4.78 is 10.4. The minimum Gasteiger partial charge on any atom is -0.497 e. The van der Waals surface area contributed by atoms with Gasteiger partial charge >= 0.3 is 0 Å². The number of rotatable bonds is 4. The highest BCUT2D eigenvalue weighted by Crippen LogP contribution is 2.46. The van der Waals surface area contributed by atoms with E-state index in [2.05, 4.69) is 29.3 Å². The van der Waals surface area contributed by atoms with E-state index < -0.39 is 0 Å². The molecule has 108 valence electrons. The first-order valence-electron chi connectivity index (χ1n) is 6.77. The van der Waals surface area contributed by atoms with Crippen molar-refractivity contribution in [1.82, 2.24) is 0 Å². The van der Waals surface area contributed by atoms with E-state index in [9.17, 15) is 0 Å². The molecule has 0 saturated carbocycles. The maximum absolute atomic E-state index is 5.22. The Bertz CT molecular complexity index is 622. The van der Waals surface area contributed by atoms with Crippen LogP contribution in [0.4, 0.5) is 0 Å². The van der Waals surface area contributed by atoms with E-state index in [1.54, 1.807) is 26.0 Å². The minimum absolute atomic E-state index is 0.148. The Morgan fingerprint density at radius 1 is 0.810 bits per heavy atom. The molecule has 2 aromatic carbocycles. The number of thioether (sulfide) groups is 1. The normalized spacial score (nSPS) is 20.5. The highest BCUT2D eigenvalue weighted by molar-refractivity contribution is 8.12. The quantitative estimate of drug-likeness (QED) is 0.845. The van der Waals surface area contributed by atoms with Gasteiger partial charge in [-0.25, -0.2) is 0 Å². The van der Waals surface area contributed by atoms with E-state index in [1.807, 2.05) is 29.8 Å². The van der Waals surface area contributed by atoms with Crippen LogP contribution in [-0.2, 0) is 0 Å². The van der Waals surface area contributed by atoms with Gasteiger partial charge in [0.1, 0.15) is 11.5 Å². The van der Waals surface area contributed by atoms with Gasteiger partial charge in [0.25, 0.3) is 0 Å². The van der Waals surface area contributed by atoms with E-state index >= 15 is 0 Å². The lowest BCUT2D eigenvalue weighted by Gasteiger charge is -2.18. The Morgan fingerprint density at radius 3 is 1.86 bits per heavy atom. The number of ether oxygens (including phenoxy) is 2. The van der Waals surface area contributed by atoms with Crippen LogP contribution < -0.4 is 9.47 Å². The first kappa shape index (κ1) is 14.0. The molecule has 0 aliphatic carbocycles. The molecule has 0 spiro atoms. The topological polar surface area (TPSA) is 30.8 Å². The molecule has 0 radical (unpaired) electrons. The van der Waals surface area contributed by atoms with Crippen molar-refractivity contribution in [2.45, 2.75) is 11.3 Å². The summed E-state index contributed by atoms with van der Waals surface area (Å²) in [4.78, 5) is 4.63. The molecular formula is C17H17NO2S. The molecule has 3 rings (SSSR count). The number of benzene rings is 2. The number of hydrogen-bond donors (Lipinski definition) is 0. The molecule has 1 heterocycles. The Kier molecular flexibility index (Phi) is 4.15. The molecule has 2 unspecified atom stereocenters. The van der Waals surface area contributed by atoms with Gasteiger partial charge < -0.3 is 9.47 Å². The molecular weight excluding hydrogens is 282 g/mol. The first-order chi connectivity index (χ1) is 10.3. The zero-order chi connectivity index (χ0) is 14.7. The maximum Gasteiger partial charge on any atom is 0.118 e. The fourth-order valence-electron chi connectivity index (χ4n) is 2.44. The highest BCUT2D eigenvalue weighted by atomic mass is 32.2. The summed E-state index contributed by atoms with van der Waals surface area (Å²) in [6.07, 6.45) is 0. The standard InChI is InChI=1S/C17H17NO2S/c1-19-14-7-3-12(4-8-14)16-17(21-11-18-16)13-5-9-15(20-2)10-6-13/h3-11,16-17H,1-2H3. The van der Waals surface area contributed by atoms with E-state index in [0.717, 1.165) is 11.5 Å². The van der Waals surface area contributed by atoms with Crippen molar-refractivity contribution < 1.29 is 9.47 Å². The van der Waals surface area contributed by atoms with Crippen molar-refractivity contribution in [1.29, 1.82) is 0 Å². The molecule has 4 heteroatoms. The van der Waals surface area contributed by atoms with Crippen molar-refractivity contribution in [3.8, 4) is 11.5 Å². The smallest absolute Gasteiger partial charge is 0.118 e. The molecule has 1 aliphatic heterocycles. The van der Waals surface area contributed by atoms with Gasteiger partial charge in [-0.2, -0.15) is 0 Å². The lowest BCUT2D eigenvalue weighted by Crippen LogP contribution is -2.02. The Morgan fingerprint density at radius 2 is 1.33 bits per heavy atom. The van der Waals surface area contributed by atoms with Crippen molar-refractivity contribution in [3.05, 3.63) is 59.7 Å². The van der Waals surface area contributed by atoms with E-state index in [4.69, 9.17) is 9.47 Å². The minimum atomic E-state index is 0.148. The van der Waals surface area contributed by atoms with Gasteiger partial charge in [-0.3, -0.25) is 4.99 Å². The van der Waals surface area contributed by atoms with Gasteiger partial charge in [0.2, 0.25) is 0 Å². The molecule has 2 aromatic rings. The molecule has 0 N–H and O–H groups in total. The monoisotopic (exact) mass is 299 g/mol. The highest BCUT2D eigenvalue weighted by Gasteiger charge is 2.28. The van der Waals surface area contributed by atoms with E-state index in [-0.39, 0.29) is 6.04 Å². The van der Waals surface area contributed by atoms with E-state index in [1.165, 1.54) is 11.1 Å². The fraction of sp³-hybridized carbons (Fsp3) is 0.235. The molecule has 0 aromatic heterocycles. The third-order valence-electron chi connectivity index (χ3n) is 3.62. The van der Waals surface area contributed by atoms with Gasteiger partial charge in [0, 0.05) is 0 Å². The summed E-state index contributed by atoms with van der Waals surface area (Å²) in [5.74, 6) is 1.75. The van der Waals surface area contributed by atoms with Gasteiger partial charge in [-0.05, 0) is 35.4 Å². The Labute approximate surface area is 129 Å². The maximum atomic E-state index is 5.22. The largest absolute Gasteiger partial charge is 0.497 e. The second-order valence-corrected chi connectivity index (χ2v) is 5.79. The molecule has 21 heavy (non-hydrogen) atoms. The van der Waals surface area contributed by atoms with Gasteiger partial charge in [0.15, 0.2) is 0 Å². The molecule has 0 amide bonds. The lowest BCUT2D eigenvalue weighted by molar-refractivity contribution is 0.414. The summed E-state index contributed by atoms with van der Waals surface area (Å²) in [5.41, 5.74) is 4.42. The zero-order valence-corrected chi connectivity index (χ0v) is 12.8. The fourth-order valence-corrected chi connectivity index (χ4v) is 3.46. The van der Waals surface area contributed by atoms with Crippen LogP contribution in [0, 0.1) is 0 Å². The van der Waals surface area contributed by atoms with Crippen LogP contribution >= 0.6 is 11.8 Å². The number of hydrogen-bond acceptors (Lipinski definition) is 4. The second-order valence-electron chi connectivity index (χ2n) is 4.80. The average Bonchev–Trinajstić information content (AvgIpc) is 3.04. The van der Waals surface area contributed by atoms with Crippen LogP contribution in [0.25, 0.3) is 0 Å². The second kappa shape index (κ2) is 6.22. The third-order valence-corrected chi connectivity index (χ3v) is 4.68. The van der Waals surface area contributed by atoms with Gasteiger partial charge in [-0.1, -0.05) is 24.3 Å². The third kappa shape index (κ3) is 2.90. The SMILES string of the molecule is COc1ccc(C2N=CSC2c2ccc(OC)cc2)cc1. The molecule has 3 nitrogen and oxygen atoms in total. The predicted octanol–water partition coefficient (Wildman–Crippen LogP) is 4.26. The van der Waals surface area contributed by atoms with E-state index in [0.29, 0.717) is 5.25 Å². The first-order valence-corrected chi connectivity index (χ1v) is 7.71. The molecule has 0 bridgehead atoms. The summed E-state index contributed by atoms with van der Waals surface area (Å²) in [7, 11) is 3.36. The van der Waals surface area contributed by atoms with Crippen molar-refractivity contribution >= 4 is 17.3 Å². The lowest BCUT2D eigenvalue weighted by atomic mass is 9.98. The molecule has 1 aliphatic rings. The summed E-state index contributed by atoms with van der Waals surface area (Å²) >= 11 is 1.76. The van der Waals surface area contributed by atoms with Gasteiger partial charge in [-0.15, -0.1) is 11.8 Å². The van der Waals surface area contributed by atoms with Crippen LogP contribution in [-0.4, -0.2) is 19.8 Å². The van der Waals surface area contributed by atoms with Crippen LogP contribution in [0.15, 0.2) is 53.5 Å². The van der Waals surface area contributed by atoms with Crippen molar-refractivity contribution in [2.75, 3.05) is 14.2 Å². The van der Waals surface area contributed by atoms with Crippen LogP contribution in [0.1, 0.15) is 22.4 Å². The van der Waals surface area contributed by atoms with Crippen LogP contribution in [0.2, 0.25) is 0 Å².